The van der Waals surface area contributed by atoms with Crippen LogP contribution in [0.5, 0.6) is 0 Å². The Hall–Kier alpha value is -2.04. The molecule has 0 unspecified atom stereocenters. The molecule has 0 saturated carbocycles. The Morgan fingerprint density at radius 3 is 2.38 bits per heavy atom. The summed E-state index contributed by atoms with van der Waals surface area (Å²) >= 11 is 0. The molecular weight excluding hydrogens is 302 g/mol. The third-order valence-electron chi connectivity index (χ3n) is 4.96. The minimum absolute atomic E-state index is 0.0207. The summed E-state index contributed by atoms with van der Waals surface area (Å²) in [4.78, 5) is 28.3. The van der Waals surface area contributed by atoms with Gasteiger partial charge in [-0.15, -0.1) is 0 Å². The number of hydrogen-bond donors (Lipinski definition) is 1. The number of anilines is 1. The van der Waals surface area contributed by atoms with Gasteiger partial charge in [0.05, 0.1) is 5.92 Å². The average molecular weight is 331 g/mol. The molecule has 2 amide bonds. The van der Waals surface area contributed by atoms with Crippen LogP contribution in [0.4, 0.5) is 5.69 Å². The summed E-state index contributed by atoms with van der Waals surface area (Å²) in [6.45, 7) is 9.81. The van der Waals surface area contributed by atoms with E-state index in [4.69, 9.17) is 5.73 Å². The van der Waals surface area contributed by atoms with Crippen LogP contribution in [0, 0.1) is 5.92 Å². The van der Waals surface area contributed by atoms with E-state index in [-0.39, 0.29) is 23.8 Å². The van der Waals surface area contributed by atoms with Gasteiger partial charge in [-0.2, -0.15) is 0 Å². The second kappa shape index (κ2) is 7.69. The molecule has 2 rings (SSSR count). The Balaban J connectivity index is 2.15. The average Bonchev–Trinajstić information content (AvgIpc) is 2.55. The van der Waals surface area contributed by atoms with Crippen LogP contribution < -0.4 is 10.6 Å². The molecule has 1 saturated heterocycles. The molecule has 1 aromatic rings. The van der Waals surface area contributed by atoms with Crippen molar-refractivity contribution in [3.63, 3.8) is 0 Å². The van der Waals surface area contributed by atoms with Gasteiger partial charge in [-0.1, -0.05) is 0 Å². The number of rotatable bonds is 5. The molecule has 1 aromatic carbocycles. The van der Waals surface area contributed by atoms with E-state index < -0.39 is 0 Å². The van der Waals surface area contributed by atoms with Gasteiger partial charge in [-0.3, -0.25) is 9.59 Å². The third-order valence-corrected chi connectivity index (χ3v) is 4.96. The first-order valence-electron chi connectivity index (χ1n) is 8.82. The second-order valence-electron chi connectivity index (χ2n) is 6.91. The van der Waals surface area contributed by atoms with Crippen molar-refractivity contribution in [3.8, 4) is 0 Å². The Morgan fingerprint density at radius 1 is 1.25 bits per heavy atom. The smallest absolute Gasteiger partial charge is 0.254 e. The molecule has 0 bridgehead atoms. The van der Waals surface area contributed by atoms with Crippen molar-refractivity contribution in [2.45, 2.75) is 52.6 Å². The third kappa shape index (κ3) is 3.89. The number of carbonyl (C=O) groups excluding carboxylic acids is 2. The summed E-state index contributed by atoms with van der Waals surface area (Å²) in [6, 6.07) is 8.30. The fourth-order valence-corrected chi connectivity index (χ4v) is 3.43. The van der Waals surface area contributed by atoms with Gasteiger partial charge in [0, 0.05) is 36.4 Å². The molecule has 5 heteroatoms. The fourth-order valence-electron chi connectivity index (χ4n) is 3.43. The van der Waals surface area contributed by atoms with Crippen LogP contribution in [0.2, 0.25) is 0 Å². The summed E-state index contributed by atoms with van der Waals surface area (Å²) < 4.78 is 0. The largest absolute Gasteiger partial charge is 0.369 e. The molecular formula is C19H29N3O2. The van der Waals surface area contributed by atoms with Crippen LogP contribution in [0.3, 0.4) is 0 Å². The van der Waals surface area contributed by atoms with Crippen molar-refractivity contribution in [1.82, 2.24) is 4.90 Å². The van der Waals surface area contributed by atoms with E-state index in [0.717, 1.165) is 25.1 Å². The minimum atomic E-state index is -0.314. The highest BCUT2D eigenvalue weighted by atomic mass is 16.2. The highest BCUT2D eigenvalue weighted by Crippen LogP contribution is 2.25. The van der Waals surface area contributed by atoms with Gasteiger partial charge in [0.15, 0.2) is 0 Å². The number of hydrogen-bond acceptors (Lipinski definition) is 3. The number of nitrogens with zero attached hydrogens (tertiary/aromatic N) is 2. The first kappa shape index (κ1) is 18.3. The molecule has 1 fully saturated rings. The number of piperidine rings is 1. The molecule has 5 nitrogen and oxygen atoms in total. The van der Waals surface area contributed by atoms with Crippen molar-refractivity contribution in [1.29, 1.82) is 0 Å². The maximum Gasteiger partial charge on any atom is 0.254 e. The van der Waals surface area contributed by atoms with E-state index in [1.165, 1.54) is 0 Å². The summed E-state index contributed by atoms with van der Waals surface area (Å²) in [5, 5.41) is 0. The van der Waals surface area contributed by atoms with E-state index in [1.54, 1.807) is 4.90 Å². The van der Waals surface area contributed by atoms with Gasteiger partial charge in [0.2, 0.25) is 5.91 Å². The Kier molecular flexibility index (Phi) is 5.86. The number of carbonyl (C=O) groups is 2. The van der Waals surface area contributed by atoms with E-state index in [0.29, 0.717) is 18.2 Å². The van der Waals surface area contributed by atoms with E-state index in [2.05, 4.69) is 25.7 Å². The van der Waals surface area contributed by atoms with Crippen molar-refractivity contribution >= 4 is 17.5 Å². The molecule has 2 N–H and O–H groups in total. The first-order chi connectivity index (χ1) is 11.3. The van der Waals surface area contributed by atoms with Crippen LogP contribution in [-0.4, -0.2) is 41.9 Å². The molecule has 0 spiro atoms. The Bertz CT molecular complexity index is 583. The standard InChI is InChI=1S/C19H29N3O2/c1-5-21(13(2)3)17-10-8-15(9-11-17)19(24)22-12-16(18(20)23)7-6-14(22)4/h8-11,13-14,16H,5-7,12H2,1-4H3,(H2,20,23)/t14-,16+/m1/s1. The normalized spacial score (nSPS) is 21.0. The second-order valence-corrected chi connectivity index (χ2v) is 6.91. The molecule has 132 valence electrons. The van der Waals surface area contributed by atoms with E-state index in [9.17, 15) is 9.59 Å². The lowest BCUT2D eigenvalue weighted by Gasteiger charge is -2.37. The molecule has 0 aliphatic carbocycles. The predicted molar refractivity (Wildman–Crippen MR) is 97.0 cm³/mol. The van der Waals surface area contributed by atoms with Gasteiger partial charge < -0.3 is 15.5 Å². The Morgan fingerprint density at radius 2 is 1.88 bits per heavy atom. The van der Waals surface area contributed by atoms with Crippen molar-refractivity contribution in [3.05, 3.63) is 29.8 Å². The quantitative estimate of drug-likeness (QED) is 0.902. The minimum Gasteiger partial charge on any atom is -0.369 e. The van der Waals surface area contributed by atoms with Crippen LogP contribution in [0.1, 0.15) is 50.9 Å². The fraction of sp³-hybridized carbons (Fsp3) is 0.579. The lowest BCUT2D eigenvalue weighted by molar-refractivity contribution is -0.123. The zero-order chi connectivity index (χ0) is 17.9. The van der Waals surface area contributed by atoms with Gasteiger partial charge in [-0.25, -0.2) is 0 Å². The zero-order valence-electron chi connectivity index (χ0n) is 15.2. The number of benzene rings is 1. The molecule has 0 radical (unpaired) electrons. The van der Waals surface area contributed by atoms with Crippen LogP contribution in [0.15, 0.2) is 24.3 Å². The number of likely N-dealkylation sites (tertiary alicyclic amines) is 1. The number of amides is 2. The predicted octanol–water partition coefficient (Wildman–Crippen LogP) is 2.65. The summed E-state index contributed by atoms with van der Waals surface area (Å²) in [5.41, 5.74) is 7.21. The molecule has 24 heavy (non-hydrogen) atoms. The monoisotopic (exact) mass is 331 g/mol. The zero-order valence-corrected chi connectivity index (χ0v) is 15.2. The molecule has 1 heterocycles. The van der Waals surface area contributed by atoms with Crippen LogP contribution in [0.25, 0.3) is 0 Å². The van der Waals surface area contributed by atoms with Gasteiger partial charge >= 0.3 is 0 Å². The van der Waals surface area contributed by atoms with Crippen molar-refractivity contribution in [2.75, 3.05) is 18.0 Å². The van der Waals surface area contributed by atoms with E-state index in [1.807, 2.05) is 31.2 Å². The number of nitrogens with two attached hydrogens (primary N) is 1. The summed E-state index contributed by atoms with van der Waals surface area (Å²) in [7, 11) is 0. The molecule has 0 aromatic heterocycles. The molecule has 1 aliphatic rings. The maximum atomic E-state index is 12.8. The Labute approximate surface area is 144 Å². The van der Waals surface area contributed by atoms with Gasteiger partial charge in [-0.05, 0) is 64.8 Å². The lowest BCUT2D eigenvalue weighted by atomic mass is 9.92. The van der Waals surface area contributed by atoms with Crippen LogP contribution >= 0.6 is 0 Å². The number of primary amides is 1. The molecule has 1 aliphatic heterocycles. The summed E-state index contributed by atoms with van der Waals surface area (Å²) in [6.07, 6.45) is 1.58. The van der Waals surface area contributed by atoms with E-state index >= 15 is 0 Å². The SMILES string of the molecule is CCN(c1ccc(C(=O)N2C[C@@H](C(N)=O)CC[C@H]2C)cc1)C(C)C. The molecule has 2 atom stereocenters. The first-order valence-corrected chi connectivity index (χ1v) is 8.82. The maximum absolute atomic E-state index is 12.8. The van der Waals surface area contributed by atoms with Crippen LogP contribution in [-0.2, 0) is 4.79 Å². The summed E-state index contributed by atoms with van der Waals surface area (Å²) in [5.74, 6) is -0.570. The van der Waals surface area contributed by atoms with Gasteiger partial charge in [0.1, 0.15) is 0 Å². The highest BCUT2D eigenvalue weighted by molar-refractivity contribution is 5.95. The van der Waals surface area contributed by atoms with Crippen molar-refractivity contribution < 1.29 is 9.59 Å². The van der Waals surface area contributed by atoms with Gasteiger partial charge in [0.25, 0.3) is 5.91 Å². The topological polar surface area (TPSA) is 66.6 Å². The highest BCUT2D eigenvalue weighted by Gasteiger charge is 2.32. The van der Waals surface area contributed by atoms with Crippen molar-refractivity contribution in [2.24, 2.45) is 11.7 Å². The lowest BCUT2D eigenvalue weighted by Crippen LogP contribution is -2.48.